The fourth-order valence-electron chi connectivity index (χ4n) is 5.22. The monoisotopic (exact) mass is 402 g/mol. The number of nitrogens with one attached hydrogen (secondary N) is 1. The van der Waals surface area contributed by atoms with Gasteiger partial charge in [-0.15, -0.1) is 0 Å². The van der Waals surface area contributed by atoms with Crippen LogP contribution in [0.5, 0.6) is 0 Å². The van der Waals surface area contributed by atoms with Crippen molar-refractivity contribution in [3.05, 3.63) is 36.0 Å². The normalized spacial score (nSPS) is 27.1. The number of aromatic nitrogens is 4. The Kier molecular flexibility index (Phi) is 3.67. The van der Waals surface area contributed by atoms with E-state index in [1.165, 1.54) is 19.3 Å². The second-order valence-corrected chi connectivity index (χ2v) is 8.69. The lowest BCUT2D eigenvalue weighted by Crippen LogP contribution is -2.39. The topological polar surface area (TPSA) is 55.7 Å². The van der Waals surface area contributed by atoms with E-state index < -0.39 is 11.7 Å². The average molecular weight is 402 g/mol. The molecule has 0 aromatic carbocycles. The molecule has 4 aliphatic rings. The Hall–Kier alpha value is -2.35. The van der Waals surface area contributed by atoms with Crippen LogP contribution in [0.4, 0.5) is 13.2 Å². The summed E-state index contributed by atoms with van der Waals surface area (Å²) in [5.41, 5.74) is 0.852. The van der Waals surface area contributed by atoms with E-state index in [9.17, 15) is 13.2 Å². The Bertz CT molecular complexity index is 1070. The number of hydrogen-bond donors (Lipinski definition) is 1. The highest BCUT2D eigenvalue weighted by atomic mass is 19.4. The van der Waals surface area contributed by atoms with Gasteiger partial charge in [0.2, 0.25) is 0 Å². The zero-order valence-electron chi connectivity index (χ0n) is 15.7. The number of halogens is 3. The molecule has 2 bridgehead atoms. The lowest BCUT2D eigenvalue weighted by atomic mass is 9.62. The summed E-state index contributed by atoms with van der Waals surface area (Å²) in [6.07, 6.45) is 5.16. The van der Waals surface area contributed by atoms with Crippen molar-refractivity contribution in [2.45, 2.75) is 43.8 Å². The van der Waals surface area contributed by atoms with Crippen molar-refractivity contribution >= 4 is 11.0 Å². The number of aromatic amines is 1. The highest BCUT2D eigenvalue weighted by Gasteiger charge is 2.42. The van der Waals surface area contributed by atoms with Crippen LogP contribution in [0.2, 0.25) is 0 Å². The summed E-state index contributed by atoms with van der Waals surface area (Å²) < 4.78 is 47.7. The molecule has 0 radical (unpaired) electrons. The van der Waals surface area contributed by atoms with Crippen molar-refractivity contribution in [2.24, 2.45) is 11.8 Å². The Morgan fingerprint density at radius 3 is 2.66 bits per heavy atom. The Morgan fingerprint density at radius 2 is 2.00 bits per heavy atom. The molecule has 0 amide bonds. The van der Waals surface area contributed by atoms with Crippen molar-refractivity contribution in [1.29, 1.82) is 0 Å². The molecule has 3 saturated carbocycles. The van der Waals surface area contributed by atoms with Gasteiger partial charge < -0.3 is 14.3 Å². The van der Waals surface area contributed by atoms with Crippen molar-refractivity contribution in [3.63, 3.8) is 0 Å². The molecule has 4 heterocycles. The number of alkyl halides is 3. The molecule has 1 saturated heterocycles. The minimum atomic E-state index is -4.42. The minimum absolute atomic E-state index is 0.0811. The molecule has 152 valence electrons. The lowest BCUT2D eigenvalue weighted by molar-refractivity contribution is -0.136. The van der Waals surface area contributed by atoms with Crippen LogP contribution in [-0.4, -0.2) is 32.7 Å². The number of imidazole rings is 1. The first kappa shape index (κ1) is 17.5. The Labute approximate surface area is 165 Å². The summed E-state index contributed by atoms with van der Waals surface area (Å²) in [5, 5.41) is 0.0811. The summed E-state index contributed by atoms with van der Waals surface area (Å²) in [5.74, 6) is 2.84. The third kappa shape index (κ3) is 2.72. The second-order valence-electron chi connectivity index (χ2n) is 8.69. The predicted molar refractivity (Wildman–Crippen MR) is 100 cm³/mol. The van der Waals surface area contributed by atoms with E-state index in [1.54, 1.807) is 12.3 Å². The fourth-order valence-corrected chi connectivity index (χ4v) is 5.22. The van der Waals surface area contributed by atoms with E-state index in [4.69, 9.17) is 9.72 Å². The molecule has 3 aromatic rings. The molecule has 29 heavy (non-hydrogen) atoms. The number of ether oxygens (including phenoxy) is 1. The smallest absolute Gasteiger partial charge is 0.380 e. The average Bonchev–Trinajstić information content (AvgIpc) is 3.23. The molecule has 3 aromatic heterocycles. The van der Waals surface area contributed by atoms with Crippen LogP contribution in [0.25, 0.3) is 22.3 Å². The van der Waals surface area contributed by atoms with Crippen molar-refractivity contribution in [3.8, 4) is 11.3 Å². The number of hydrogen-bond acceptors (Lipinski definition) is 3. The number of nitrogens with zero attached hydrogens (tertiary/aromatic N) is 3. The third-order valence-corrected chi connectivity index (χ3v) is 6.94. The Morgan fingerprint density at radius 1 is 1.17 bits per heavy atom. The van der Waals surface area contributed by atoms with Crippen LogP contribution >= 0.6 is 0 Å². The van der Waals surface area contributed by atoms with E-state index in [2.05, 4.69) is 14.5 Å². The van der Waals surface area contributed by atoms with Crippen LogP contribution in [-0.2, 0) is 10.9 Å². The van der Waals surface area contributed by atoms with Gasteiger partial charge in [0, 0.05) is 35.6 Å². The molecule has 3 aliphatic carbocycles. The van der Waals surface area contributed by atoms with E-state index in [0.717, 1.165) is 24.4 Å². The molecular formula is C21H21F3N4O. The first-order valence-electron chi connectivity index (χ1n) is 10.2. The van der Waals surface area contributed by atoms with Gasteiger partial charge in [-0.25, -0.2) is 9.97 Å². The summed E-state index contributed by atoms with van der Waals surface area (Å²) in [6, 6.07) is 1.99. The quantitative estimate of drug-likeness (QED) is 0.677. The van der Waals surface area contributed by atoms with Gasteiger partial charge in [0.15, 0.2) is 0 Å². The molecule has 1 N–H and O–H groups in total. The number of pyridine rings is 1. The largest absolute Gasteiger partial charge is 0.418 e. The van der Waals surface area contributed by atoms with Crippen LogP contribution < -0.4 is 0 Å². The fraction of sp³-hybridized carbons (Fsp3) is 0.524. The van der Waals surface area contributed by atoms with E-state index in [0.29, 0.717) is 36.4 Å². The van der Waals surface area contributed by atoms with Gasteiger partial charge in [-0.05, 0) is 43.6 Å². The van der Waals surface area contributed by atoms with Gasteiger partial charge in [-0.2, -0.15) is 13.2 Å². The molecule has 1 unspecified atom stereocenters. The van der Waals surface area contributed by atoms with E-state index in [1.807, 2.05) is 6.20 Å². The summed E-state index contributed by atoms with van der Waals surface area (Å²) in [6.45, 7) is 1.31. The first-order chi connectivity index (χ1) is 14.0. The van der Waals surface area contributed by atoms with Gasteiger partial charge in [-0.1, -0.05) is 0 Å². The maximum atomic E-state index is 13.3. The summed E-state index contributed by atoms with van der Waals surface area (Å²) in [4.78, 5) is 11.7. The number of rotatable bonds is 3. The van der Waals surface area contributed by atoms with Crippen LogP contribution in [0.15, 0.2) is 24.7 Å². The van der Waals surface area contributed by atoms with Gasteiger partial charge >= 0.3 is 6.18 Å². The number of fused-ring (bicyclic) bond motifs is 3. The Balaban J connectivity index is 1.43. The van der Waals surface area contributed by atoms with Crippen molar-refractivity contribution in [2.75, 3.05) is 13.2 Å². The SMILES string of the molecule is FC(F)(F)c1c[nH]c2ncc(-c3cn(C4CCC5CC4C5)c(C4COC4)n3)cc12. The maximum Gasteiger partial charge on any atom is 0.418 e. The molecule has 0 spiro atoms. The minimum Gasteiger partial charge on any atom is -0.380 e. The van der Waals surface area contributed by atoms with Crippen molar-refractivity contribution in [1.82, 2.24) is 19.5 Å². The standard InChI is InChI=1S/C21H21F3N4O/c22-21(23,24)16-7-26-19-15(16)5-13(6-25-19)17-8-28(20(27-17)14-9-29-10-14)18-2-1-11-3-12(18)4-11/h5-8,11-12,14,18H,1-4,9-10H2,(H,25,26). The maximum absolute atomic E-state index is 13.3. The zero-order chi connectivity index (χ0) is 19.8. The zero-order valence-corrected chi connectivity index (χ0v) is 15.7. The van der Waals surface area contributed by atoms with Crippen LogP contribution in [0, 0.1) is 11.8 Å². The predicted octanol–water partition coefficient (Wildman–Crippen LogP) is 4.92. The lowest BCUT2D eigenvalue weighted by Gasteiger charge is -2.47. The molecule has 8 heteroatoms. The van der Waals surface area contributed by atoms with Gasteiger partial charge in [0.25, 0.3) is 0 Å². The summed E-state index contributed by atoms with van der Waals surface area (Å²) >= 11 is 0. The van der Waals surface area contributed by atoms with E-state index >= 15 is 0 Å². The molecule has 1 aliphatic heterocycles. The molecular weight excluding hydrogens is 381 g/mol. The molecule has 4 fully saturated rings. The van der Waals surface area contributed by atoms with Gasteiger partial charge in [0.1, 0.15) is 11.5 Å². The highest BCUT2D eigenvalue weighted by molar-refractivity contribution is 5.84. The third-order valence-electron chi connectivity index (χ3n) is 6.94. The summed E-state index contributed by atoms with van der Waals surface area (Å²) in [7, 11) is 0. The highest BCUT2D eigenvalue weighted by Crippen LogP contribution is 2.52. The first-order valence-corrected chi connectivity index (χ1v) is 10.2. The second kappa shape index (κ2) is 6.08. The van der Waals surface area contributed by atoms with Crippen molar-refractivity contribution < 1.29 is 17.9 Å². The molecule has 7 rings (SSSR count). The molecule has 1 atom stereocenters. The number of H-pyrrole nitrogens is 1. The molecule has 5 nitrogen and oxygen atoms in total. The van der Waals surface area contributed by atoms with Crippen LogP contribution in [0.3, 0.4) is 0 Å². The van der Waals surface area contributed by atoms with Gasteiger partial charge in [-0.3, -0.25) is 0 Å². The van der Waals surface area contributed by atoms with Gasteiger partial charge in [0.05, 0.1) is 30.4 Å². The van der Waals surface area contributed by atoms with Crippen LogP contribution in [0.1, 0.15) is 49.0 Å². The van der Waals surface area contributed by atoms with E-state index in [-0.39, 0.29) is 17.0 Å².